The van der Waals surface area contributed by atoms with Crippen molar-refractivity contribution in [2.75, 3.05) is 5.32 Å². The van der Waals surface area contributed by atoms with E-state index in [4.69, 9.17) is 11.6 Å². The van der Waals surface area contributed by atoms with Gasteiger partial charge in [-0.2, -0.15) is 5.10 Å². The van der Waals surface area contributed by atoms with Gasteiger partial charge in [-0.05, 0) is 30.7 Å². The average molecular weight is 381 g/mol. The van der Waals surface area contributed by atoms with Gasteiger partial charge < -0.3 is 10.4 Å². The standard InChI is InChI=1S/C19H17ClN6O/c1-10-15-18(27)17(26-14-9-5-4-8-13(14)23-25-26)16(21-19(15)24-22-10)11-6-2-3-7-12(11)20/h2-9,16-18,27H,1H3,(H2,21,22,24)/t16-,17-,18-/m1/s1. The summed E-state index contributed by atoms with van der Waals surface area (Å²) in [4.78, 5) is 0. The van der Waals surface area contributed by atoms with Crippen molar-refractivity contribution in [3.63, 3.8) is 0 Å². The molecule has 0 radical (unpaired) electrons. The summed E-state index contributed by atoms with van der Waals surface area (Å²) >= 11 is 6.49. The Balaban J connectivity index is 1.74. The third kappa shape index (κ3) is 2.43. The van der Waals surface area contributed by atoms with Crippen molar-refractivity contribution in [2.24, 2.45) is 0 Å². The highest BCUT2D eigenvalue weighted by molar-refractivity contribution is 6.31. The molecule has 136 valence electrons. The lowest BCUT2D eigenvalue weighted by Gasteiger charge is -2.37. The fraction of sp³-hybridized carbons (Fsp3) is 0.211. The average Bonchev–Trinajstić information content (AvgIpc) is 3.26. The van der Waals surface area contributed by atoms with Gasteiger partial charge in [0.25, 0.3) is 0 Å². The maximum Gasteiger partial charge on any atom is 0.154 e. The number of aromatic amines is 1. The Labute approximate surface area is 160 Å². The van der Waals surface area contributed by atoms with E-state index in [2.05, 4.69) is 25.8 Å². The smallest absolute Gasteiger partial charge is 0.154 e. The molecule has 7 nitrogen and oxygen atoms in total. The summed E-state index contributed by atoms with van der Waals surface area (Å²) in [5.74, 6) is 0.630. The second kappa shape index (κ2) is 6.07. The Hall–Kier alpha value is -2.90. The Bertz CT molecular complexity index is 1140. The molecule has 0 saturated heterocycles. The monoisotopic (exact) mass is 380 g/mol. The van der Waals surface area contributed by atoms with Crippen LogP contribution >= 0.6 is 11.6 Å². The van der Waals surface area contributed by atoms with Gasteiger partial charge in [0.2, 0.25) is 0 Å². The minimum absolute atomic E-state index is 0.325. The number of aromatic nitrogens is 5. The summed E-state index contributed by atoms with van der Waals surface area (Å²) in [5, 5.41) is 31.2. The van der Waals surface area contributed by atoms with Crippen LogP contribution in [0.1, 0.15) is 35.0 Å². The van der Waals surface area contributed by atoms with E-state index in [9.17, 15) is 5.11 Å². The van der Waals surface area contributed by atoms with Gasteiger partial charge in [0.1, 0.15) is 17.7 Å². The van der Waals surface area contributed by atoms with Crippen molar-refractivity contribution in [1.29, 1.82) is 0 Å². The van der Waals surface area contributed by atoms with Crippen LogP contribution in [0.3, 0.4) is 0 Å². The number of aliphatic hydroxyl groups is 1. The molecule has 8 heteroatoms. The number of fused-ring (bicyclic) bond motifs is 2. The third-order valence-electron chi connectivity index (χ3n) is 5.15. The van der Waals surface area contributed by atoms with E-state index in [-0.39, 0.29) is 6.04 Å². The van der Waals surface area contributed by atoms with Crippen molar-refractivity contribution in [1.82, 2.24) is 25.2 Å². The van der Waals surface area contributed by atoms with Gasteiger partial charge in [-0.1, -0.05) is 47.1 Å². The van der Waals surface area contributed by atoms with Crippen LogP contribution in [0.25, 0.3) is 11.0 Å². The molecular weight excluding hydrogens is 364 g/mol. The summed E-state index contributed by atoms with van der Waals surface area (Å²) < 4.78 is 1.77. The molecule has 3 N–H and O–H groups in total. The zero-order valence-electron chi connectivity index (χ0n) is 14.5. The normalized spacial score (nSPS) is 21.8. The first kappa shape index (κ1) is 16.3. The fourth-order valence-corrected chi connectivity index (χ4v) is 4.12. The lowest BCUT2D eigenvalue weighted by atomic mass is 9.87. The molecule has 0 spiro atoms. The first-order chi connectivity index (χ1) is 13.1. The number of aliphatic hydroxyl groups excluding tert-OH is 1. The molecule has 0 aliphatic carbocycles. The van der Waals surface area contributed by atoms with Crippen LogP contribution in [0.4, 0.5) is 5.82 Å². The van der Waals surface area contributed by atoms with Crippen LogP contribution in [0.15, 0.2) is 48.5 Å². The lowest BCUT2D eigenvalue weighted by Crippen LogP contribution is -2.34. The molecule has 0 unspecified atom stereocenters. The first-order valence-electron chi connectivity index (χ1n) is 8.69. The number of hydrogen-bond donors (Lipinski definition) is 3. The van der Waals surface area contributed by atoms with Crippen LogP contribution in [-0.2, 0) is 0 Å². The molecule has 3 heterocycles. The maximum absolute atomic E-state index is 11.3. The van der Waals surface area contributed by atoms with Gasteiger partial charge in [-0.15, -0.1) is 5.10 Å². The largest absolute Gasteiger partial charge is 0.386 e. The van der Waals surface area contributed by atoms with Gasteiger partial charge in [-0.3, -0.25) is 5.10 Å². The van der Waals surface area contributed by atoms with Crippen LogP contribution in [0.2, 0.25) is 5.02 Å². The van der Waals surface area contributed by atoms with E-state index < -0.39 is 12.1 Å². The predicted octanol–water partition coefficient (Wildman–Crippen LogP) is 3.56. The zero-order valence-corrected chi connectivity index (χ0v) is 15.2. The van der Waals surface area contributed by atoms with Gasteiger partial charge in [0.05, 0.1) is 11.6 Å². The van der Waals surface area contributed by atoms with Gasteiger partial charge in [0.15, 0.2) is 5.82 Å². The van der Waals surface area contributed by atoms with Crippen molar-refractivity contribution in [3.05, 3.63) is 70.4 Å². The Kier molecular flexibility index (Phi) is 3.66. The first-order valence-corrected chi connectivity index (χ1v) is 9.07. The number of halogens is 1. The number of rotatable bonds is 2. The highest BCUT2D eigenvalue weighted by Crippen LogP contribution is 2.48. The Morgan fingerprint density at radius 3 is 2.74 bits per heavy atom. The van der Waals surface area contributed by atoms with E-state index in [0.717, 1.165) is 27.9 Å². The summed E-state index contributed by atoms with van der Waals surface area (Å²) in [5.41, 5.74) is 4.05. The second-order valence-electron chi connectivity index (χ2n) is 6.71. The minimum Gasteiger partial charge on any atom is -0.386 e. The molecule has 0 bridgehead atoms. The molecule has 1 aliphatic rings. The molecular formula is C19H17ClN6O. The number of anilines is 1. The lowest BCUT2D eigenvalue weighted by molar-refractivity contribution is 0.0901. The Morgan fingerprint density at radius 1 is 1.11 bits per heavy atom. The molecule has 0 fully saturated rings. The topological polar surface area (TPSA) is 91.6 Å². The molecule has 1 aliphatic heterocycles. The van der Waals surface area contributed by atoms with E-state index in [1.165, 1.54) is 0 Å². The second-order valence-corrected chi connectivity index (χ2v) is 7.12. The summed E-state index contributed by atoms with van der Waals surface area (Å²) in [6.07, 6.45) is -0.827. The van der Waals surface area contributed by atoms with Gasteiger partial charge in [-0.25, -0.2) is 4.68 Å². The number of benzene rings is 2. The van der Waals surface area contributed by atoms with E-state index in [1.807, 2.05) is 55.5 Å². The van der Waals surface area contributed by atoms with Crippen LogP contribution in [-0.4, -0.2) is 30.3 Å². The fourth-order valence-electron chi connectivity index (χ4n) is 3.87. The van der Waals surface area contributed by atoms with Crippen molar-refractivity contribution in [3.8, 4) is 0 Å². The van der Waals surface area contributed by atoms with E-state index >= 15 is 0 Å². The zero-order chi connectivity index (χ0) is 18.5. The molecule has 27 heavy (non-hydrogen) atoms. The minimum atomic E-state index is -0.827. The van der Waals surface area contributed by atoms with Crippen LogP contribution in [0, 0.1) is 6.92 Å². The highest BCUT2D eigenvalue weighted by Gasteiger charge is 2.42. The number of aryl methyl sites for hydroxylation is 1. The predicted molar refractivity (Wildman–Crippen MR) is 103 cm³/mol. The molecule has 0 saturated carbocycles. The molecule has 4 aromatic rings. The highest BCUT2D eigenvalue weighted by atomic mass is 35.5. The maximum atomic E-state index is 11.3. The third-order valence-corrected chi connectivity index (χ3v) is 5.49. The number of para-hydroxylation sites is 1. The molecule has 5 rings (SSSR count). The molecule has 3 atom stereocenters. The Morgan fingerprint density at radius 2 is 1.89 bits per heavy atom. The number of nitrogens with zero attached hydrogens (tertiary/aromatic N) is 4. The number of hydrogen-bond acceptors (Lipinski definition) is 5. The van der Waals surface area contributed by atoms with E-state index in [1.54, 1.807) is 4.68 Å². The summed E-state index contributed by atoms with van der Waals surface area (Å²) in [7, 11) is 0. The van der Waals surface area contributed by atoms with Crippen LogP contribution in [0.5, 0.6) is 0 Å². The molecule has 0 amide bonds. The van der Waals surface area contributed by atoms with Crippen molar-refractivity contribution in [2.45, 2.75) is 25.1 Å². The molecule has 2 aromatic carbocycles. The SMILES string of the molecule is Cc1[nH]nc2c1[C@@H](O)[C@H](n1nnc3ccccc31)[C@@H](c1ccccc1Cl)N2. The van der Waals surface area contributed by atoms with Gasteiger partial charge >= 0.3 is 0 Å². The quantitative estimate of drug-likeness (QED) is 0.494. The van der Waals surface area contributed by atoms with Crippen molar-refractivity contribution < 1.29 is 5.11 Å². The number of H-pyrrole nitrogens is 1. The summed E-state index contributed by atoms with van der Waals surface area (Å²) in [6.45, 7) is 1.89. The van der Waals surface area contributed by atoms with Gasteiger partial charge in [0, 0.05) is 16.3 Å². The molecule has 2 aromatic heterocycles. The summed E-state index contributed by atoms with van der Waals surface area (Å²) in [6, 6.07) is 14.5. The van der Waals surface area contributed by atoms with Crippen LogP contribution < -0.4 is 5.32 Å². The number of nitrogens with one attached hydrogen (secondary N) is 2. The van der Waals surface area contributed by atoms with Crippen molar-refractivity contribution >= 4 is 28.5 Å². The van der Waals surface area contributed by atoms with E-state index in [0.29, 0.717) is 10.8 Å².